The molecule has 0 N–H and O–H groups in total. The molecular weight excluding hydrogens is 460 g/mol. The maximum absolute atomic E-state index is 12.8. The number of thioether (sulfide) groups is 1. The third-order valence-corrected chi connectivity index (χ3v) is 6.50. The molecule has 11 heteroatoms. The van der Waals surface area contributed by atoms with Gasteiger partial charge in [0, 0.05) is 35.7 Å². The molecule has 0 spiro atoms. The number of carbonyl (C=O) groups is 1. The zero-order valence-corrected chi connectivity index (χ0v) is 18.8. The molecule has 1 aliphatic heterocycles. The number of aromatic nitrogens is 1. The Morgan fingerprint density at radius 1 is 1.35 bits per heavy atom. The van der Waals surface area contributed by atoms with E-state index in [-0.39, 0.29) is 16.6 Å². The largest absolute Gasteiger partial charge is 0.457 e. The van der Waals surface area contributed by atoms with Gasteiger partial charge in [-0.05, 0) is 43.8 Å². The number of rotatable bonds is 5. The number of benzene rings is 1. The van der Waals surface area contributed by atoms with Crippen LogP contribution in [0.4, 0.5) is 10.8 Å². The van der Waals surface area contributed by atoms with E-state index < -0.39 is 4.92 Å². The second-order valence-corrected chi connectivity index (χ2v) is 8.70. The van der Waals surface area contributed by atoms with Crippen molar-refractivity contribution in [1.29, 1.82) is 0 Å². The molecule has 1 amide bonds. The molecule has 1 fully saturated rings. The van der Waals surface area contributed by atoms with Crippen LogP contribution in [0, 0.1) is 17.0 Å². The molecule has 3 heterocycles. The molecule has 0 aliphatic carbocycles. The van der Waals surface area contributed by atoms with E-state index in [0.29, 0.717) is 38.8 Å². The van der Waals surface area contributed by atoms with Crippen LogP contribution >= 0.6 is 34.7 Å². The highest BCUT2D eigenvalue weighted by molar-refractivity contribution is 8.18. The van der Waals surface area contributed by atoms with Gasteiger partial charge in [-0.15, -0.1) is 11.3 Å². The predicted octanol–water partition coefficient (Wildman–Crippen LogP) is 5.90. The highest BCUT2D eigenvalue weighted by Gasteiger charge is 2.32. The first-order chi connectivity index (χ1) is 14.9. The molecular formula is C20H15ClN4O4S2. The van der Waals surface area contributed by atoms with Gasteiger partial charge in [-0.3, -0.25) is 19.8 Å². The molecule has 0 radical (unpaired) electrons. The summed E-state index contributed by atoms with van der Waals surface area (Å²) in [5.41, 5.74) is 1.31. The molecule has 3 aromatic rings. The number of nitro benzene ring substituents is 1. The number of amidine groups is 1. The van der Waals surface area contributed by atoms with Gasteiger partial charge < -0.3 is 4.42 Å². The fourth-order valence-corrected chi connectivity index (χ4v) is 4.88. The van der Waals surface area contributed by atoms with Crippen LogP contribution in [0.5, 0.6) is 0 Å². The van der Waals surface area contributed by atoms with Crippen molar-refractivity contribution in [3.8, 4) is 11.3 Å². The standard InChI is InChI=1S/C20H15ClN4O4S2/c1-3-24-18(26)17(31-20(24)23-19-22-11(2)10-30-19)9-13-5-7-16(29-13)14-6-4-12(25(27)28)8-15(14)21/h4-10H,3H2,1-2H3/b17-9+,23-20+. The molecule has 0 unspecified atom stereocenters. The summed E-state index contributed by atoms with van der Waals surface area (Å²) in [4.78, 5) is 34.1. The second-order valence-electron chi connectivity index (χ2n) is 6.45. The van der Waals surface area contributed by atoms with Gasteiger partial charge in [-0.2, -0.15) is 4.99 Å². The Balaban J connectivity index is 1.61. The monoisotopic (exact) mass is 474 g/mol. The first-order valence-corrected chi connectivity index (χ1v) is 11.2. The van der Waals surface area contributed by atoms with Crippen molar-refractivity contribution in [3.63, 3.8) is 0 Å². The smallest absolute Gasteiger partial charge is 0.270 e. The van der Waals surface area contributed by atoms with Gasteiger partial charge in [0.15, 0.2) is 5.17 Å². The van der Waals surface area contributed by atoms with Gasteiger partial charge in [0.25, 0.3) is 11.6 Å². The predicted molar refractivity (Wildman–Crippen MR) is 123 cm³/mol. The zero-order chi connectivity index (χ0) is 22.1. The summed E-state index contributed by atoms with van der Waals surface area (Å²) in [6.45, 7) is 4.25. The number of amides is 1. The lowest BCUT2D eigenvalue weighted by molar-refractivity contribution is -0.384. The van der Waals surface area contributed by atoms with Gasteiger partial charge in [-0.1, -0.05) is 11.6 Å². The molecule has 1 aromatic carbocycles. The Hall–Kier alpha value is -2.95. The Bertz CT molecular complexity index is 1250. The maximum atomic E-state index is 12.8. The van der Waals surface area contributed by atoms with Crippen molar-refractivity contribution >= 4 is 62.7 Å². The van der Waals surface area contributed by atoms with E-state index in [9.17, 15) is 14.9 Å². The third kappa shape index (κ3) is 4.41. The lowest BCUT2D eigenvalue weighted by Crippen LogP contribution is -2.28. The number of aliphatic imine (C=N–C) groups is 1. The van der Waals surface area contributed by atoms with Crippen LogP contribution in [0.1, 0.15) is 18.4 Å². The number of nitro groups is 1. The number of carbonyl (C=O) groups excluding carboxylic acids is 1. The van der Waals surface area contributed by atoms with Crippen molar-refractivity contribution in [2.24, 2.45) is 4.99 Å². The van der Waals surface area contributed by atoms with Crippen LogP contribution in [-0.4, -0.2) is 32.4 Å². The number of halogens is 1. The second kappa shape index (κ2) is 8.66. The summed E-state index contributed by atoms with van der Waals surface area (Å²) in [7, 11) is 0. The average Bonchev–Trinajstić information content (AvgIpc) is 3.42. The van der Waals surface area contributed by atoms with Crippen LogP contribution < -0.4 is 0 Å². The minimum atomic E-state index is -0.512. The lowest BCUT2D eigenvalue weighted by atomic mass is 10.1. The van der Waals surface area contributed by atoms with E-state index in [4.69, 9.17) is 16.0 Å². The van der Waals surface area contributed by atoms with Crippen molar-refractivity contribution in [2.75, 3.05) is 6.54 Å². The molecule has 8 nitrogen and oxygen atoms in total. The highest BCUT2D eigenvalue weighted by atomic mass is 35.5. The minimum Gasteiger partial charge on any atom is -0.457 e. The summed E-state index contributed by atoms with van der Waals surface area (Å²) in [5, 5.41) is 14.2. The summed E-state index contributed by atoms with van der Waals surface area (Å²) in [5.74, 6) is 0.746. The number of nitrogens with zero attached hydrogens (tertiary/aromatic N) is 4. The Labute approximate surface area is 190 Å². The SMILES string of the molecule is CCN1C(=O)/C(=C\c2ccc(-c3ccc([N+](=O)[O-])cc3Cl)o2)S/C1=N/c1nc(C)cs1. The van der Waals surface area contributed by atoms with Crippen LogP contribution in [0.2, 0.25) is 5.02 Å². The normalized spacial score (nSPS) is 16.6. The van der Waals surface area contributed by atoms with Crippen molar-refractivity contribution in [2.45, 2.75) is 13.8 Å². The molecule has 0 saturated carbocycles. The van der Waals surface area contributed by atoms with E-state index in [2.05, 4.69) is 9.98 Å². The van der Waals surface area contributed by atoms with Gasteiger partial charge >= 0.3 is 0 Å². The average molecular weight is 475 g/mol. The van der Waals surface area contributed by atoms with E-state index >= 15 is 0 Å². The molecule has 2 aromatic heterocycles. The number of furan rings is 1. The number of likely N-dealkylation sites (N-methyl/N-ethyl adjacent to an activating group) is 1. The maximum Gasteiger partial charge on any atom is 0.270 e. The third-order valence-electron chi connectivity index (χ3n) is 4.33. The van der Waals surface area contributed by atoms with Crippen LogP contribution in [0.15, 0.2) is 50.0 Å². The molecule has 0 atom stereocenters. The van der Waals surface area contributed by atoms with Crippen LogP contribution in [-0.2, 0) is 4.79 Å². The zero-order valence-electron chi connectivity index (χ0n) is 16.4. The fraction of sp³-hybridized carbons (Fsp3) is 0.150. The van der Waals surface area contributed by atoms with Crippen LogP contribution in [0.25, 0.3) is 17.4 Å². The molecule has 4 rings (SSSR count). The number of non-ortho nitro benzene ring substituents is 1. The van der Waals surface area contributed by atoms with Crippen molar-refractivity contribution < 1.29 is 14.1 Å². The Kier molecular flexibility index (Phi) is 5.94. The molecule has 1 aliphatic rings. The number of aryl methyl sites for hydroxylation is 1. The minimum absolute atomic E-state index is 0.0995. The molecule has 0 bridgehead atoms. The van der Waals surface area contributed by atoms with Crippen molar-refractivity contribution in [1.82, 2.24) is 9.88 Å². The van der Waals surface area contributed by atoms with Gasteiger partial charge in [0.2, 0.25) is 5.13 Å². The fourth-order valence-electron chi connectivity index (χ4n) is 2.87. The van der Waals surface area contributed by atoms with E-state index in [1.807, 2.05) is 19.2 Å². The Morgan fingerprint density at radius 3 is 2.81 bits per heavy atom. The van der Waals surface area contributed by atoms with Gasteiger partial charge in [0.05, 0.1) is 20.5 Å². The molecule has 31 heavy (non-hydrogen) atoms. The van der Waals surface area contributed by atoms with E-state index in [1.165, 1.54) is 41.3 Å². The first-order valence-electron chi connectivity index (χ1n) is 9.12. The van der Waals surface area contributed by atoms with Crippen LogP contribution in [0.3, 0.4) is 0 Å². The quantitative estimate of drug-likeness (QED) is 0.259. The molecule has 158 valence electrons. The Morgan fingerprint density at radius 2 is 2.16 bits per heavy atom. The number of hydrogen-bond donors (Lipinski definition) is 0. The summed E-state index contributed by atoms with van der Waals surface area (Å²) < 4.78 is 5.82. The van der Waals surface area contributed by atoms with Gasteiger partial charge in [-0.25, -0.2) is 4.98 Å². The summed E-state index contributed by atoms with van der Waals surface area (Å²) >= 11 is 8.86. The summed E-state index contributed by atoms with van der Waals surface area (Å²) in [6.07, 6.45) is 1.65. The topological polar surface area (TPSA) is 102 Å². The van der Waals surface area contributed by atoms with Gasteiger partial charge in [0.1, 0.15) is 11.5 Å². The van der Waals surface area contributed by atoms with Crippen molar-refractivity contribution in [3.05, 3.63) is 67.2 Å². The highest BCUT2D eigenvalue weighted by Crippen LogP contribution is 2.36. The first kappa shape index (κ1) is 21.3. The number of hydrogen-bond acceptors (Lipinski definition) is 8. The molecule has 1 saturated heterocycles. The lowest BCUT2D eigenvalue weighted by Gasteiger charge is -2.11. The summed E-state index contributed by atoms with van der Waals surface area (Å²) in [6, 6.07) is 7.58. The van der Waals surface area contributed by atoms with E-state index in [1.54, 1.807) is 23.1 Å². The number of thiazole rings is 1. The van der Waals surface area contributed by atoms with E-state index in [0.717, 1.165) is 5.69 Å².